The molecule has 44 valence electrons. The highest BCUT2D eigenvalue weighted by Gasteiger charge is 2.05. The third kappa shape index (κ3) is 2.57. The van der Waals surface area contributed by atoms with E-state index in [0.717, 1.165) is 0 Å². The zero-order chi connectivity index (χ0) is 5.86. The molecule has 0 aromatic carbocycles. The molecule has 0 saturated carbocycles. The Labute approximate surface area is 43.9 Å². The van der Waals surface area contributed by atoms with Crippen molar-refractivity contribution in [2.24, 2.45) is 5.92 Å². The largest absolute Gasteiger partial charge is 0.291 e. The van der Waals surface area contributed by atoms with Crippen LogP contribution in [0.15, 0.2) is 0 Å². The van der Waals surface area contributed by atoms with Gasteiger partial charge in [0.05, 0.1) is 0 Å². The number of nitrogens with one attached hydrogen (secondary N) is 1. The van der Waals surface area contributed by atoms with Gasteiger partial charge >= 0.3 is 0 Å². The second kappa shape index (κ2) is 2.97. The van der Waals surface area contributed by atoms with Crippen molar-refractivity contribution >= 4 is 0 Å². The molecule has 0 spiro atoms. The number of hydrogen-bond donors (Lipinski definition) is 1. The molecule has 1 N–H and O–H groups in total. The van der Waals surface area contributed by atoms with E-state index in [0.29, 0.717) is 0 Å². The van der Waals surface area contributed by atoms with Crippen LogP contribution in [0.2, 0.25) is 0 Å². The van der Waals surface area contributed by atoms with Gasteiger partial charge in [-0.05, 0) is 13.0 Å². The van der Waals surface area contributed by atoms with Gasteiger partial charge in [-0.2, -0.15) is 0 Å². The van der Waals surface area contributed by atoms with E-state index in [-0.39, 0.29) is 5.92 Å². The van der Waals surface area contributed by atoms with E-state index in [9.17, 15) is 4.39 Å². The highest BCUT2D eigenvalue weighted by atomic mass is 19.1. The summed E-state index contributed by atoms with van der Waals surface area (Å²) in [6, 6.07) is 0. The third-order valence-corrected chi connectivity index (χ3v) is 0.861. The van der Waals surface area contributed by atoms with E-state index >= 15 is 0 Å². The maximum Gasteiger partial charge on any atom is 0.153 e. The molecule has 0 heterocycles. The van der Waals surface area contributed by atoms with E-state index in [2.05, 4.69) is 5.32 Å². The zero-order valence-corrected chi connectivity index (χ0v) is 5.03. The SMILES string of the molecule is CNC(F)C(C)C. The second-order valence-corrected chi connectivity index (χ2v) is 1.93. The van der Waals surface area contributed by atoms with Crippen molar-refractivity contribution < 1.29 is 4.39 Å². The fraction of sp³-hybridized carbons (Fsp3) is 1.00. The fourth-order valence-corrected chi connectivity index (χ4v) is 0.333. The first kappa shape index (κ1) is 6.89. The van der Waals surface area contributed by atoms with Gasteiger partial charge in [-0.25, -0.2) is 4.39 Å². The molecule has 1 nitrogen and oxygen atoms in total. The Morgan fingerprint density at radius 2 is 1.86 bits per heavy atom. The van der Waals surface area contributed by atoms with Gasteiger partial charge in [-0.15, -0.1) is 0 Å². The second-order valence-electron chi connectivity index (χ2n) is 1.93. The molecule has 0 aromatic rings. The van der Waals surface area contributed by atoms with E-state index < -0.39 is 6.30 Å². The van der Waals surface area contributed by atoms with Crippen molar-refractivity contribution in [3.05, 3.63) is 0 Å². The summed E-state index contributed by atoms with van der Waals surface area (Å²) in [4.78, 5) is 0. The zero-order valence-electron chi connectivity index (χ0n) is 5.03. The molecule has 0 aliphatic carbocycles. The minimum atomic E-state index is -0.847. The van der Waals surface area contributed by atoms with Gasteiger partial charge < -0.3 is 0 Å². The van der Waals surface area contributed by atoms with Crippen molar-refractivity contribution in [2.75, 3.05) is 7.05 Å². The minimum absolute atomic E-state index is 0.0880. The third-order valence-electron chi connectivity index (χ3n) is 0.861. The molecule has 0 saturated heterocycles. The average molecular weight is 105 g/mol. The summed E-state index contributed by atoms with van der Waals surface area (Å²) < 4.78 is 12.1. The van der Waals surface area contributed by atoms with Crippen LogP contribution in [0.1, 0.15) is 13.8 Å². The molecule has 0 rings (SSSR count). The Morgan fingerprint density at radius 1 is 1.43 bits per heavy atom. The van der Waals surface area contributed by atoms with Gasteiger partial charge in [0, 0.05) is 0 Å². The number of rotatable bonds is 2. The Hall–Kier alpha value is -0.110. The van der Waals surface area contributed by atoms with Crippen LogP contribution in [0.5, 0.6) is 0 Å². The van der Waals surface area contributed by atoms with Crippen molar-refractivity contribution in [3.8, 4) is 0 Å². The summed E-state index contributed by atoms with van der Waals surface area (Å²) in [7, 11) is 1.62. The van der Waals surface area contributed by atoms with E-state index in [4.69, 9.17) is 0 Å². The first-order chi connectivity index (χ1) is 3.18. The summed E-state index contributed by atoms with van der Waals surface area (Å²) in [5.41, 5.74) is 0. The normalized spacial score (nSPS) is 15.0. The Kier molecular flexibility index (Phi) is 2.92. The van der Waals surface area contributed by atoms with Gasteiger partial charge in [0.1, 0.15) is 0 Å². The molecular formula is C5H12FN. The van der Waals surface area contributed by atoms with Crippen LogP contribution in [-0.2, 0) is 0 Å². The molecule has 1 atom stereocenters. The van der Waals surface area contributed by atoms with E-state index in [1.165, 1.54) is 0 Å². The molecule has 0 radical (unpaired) electrons. The molecule has 0 aliphatic rings. The van der Waals surface area contributed by atoms with Gasteiger partial charge in [0.25, 0.3) is 0 Å². The standard InChI is InChI=1S/C5H12FN/c1-4(2)5(6)7-3/h4-5,7H,1-3H3. The lowest BCUT2D eigenvalue weighted by molar-refractivity contribution is 0.220. The molecule has 0 bridgehead atoms. The topological polar surface area (TPSA) is 12.0 Å². The molecule has 7 heavy (non-hydrogen) atoms. The number of alkyl halides is 1. The first-order valence-electron chi connectivity index (χ1n) is 2.49. The lowest BCUT2D eigenvalue weighted by atomic mass is 10.2. The van der Waals surface area contributed by atoms with Gasteiger partial charge in [0.15, 0.2) is 6.30 Å². The molecular weight excluding hydrogens is 93.1 g/mol. The lowest BCUT2D eigenvalue weighted by Gasteiger charge is -2.08. The predicted octanol–water partition coefficient (Wildman–Crippen LogP) is 1.16. The molecule has 0 amide bonds. The molecule has 1 unspecified atom stereocenters. The Bertz CT molecular complexity index is 45.3. The van der Waals surface area contributed by atoms with Crippen molar-refractivity contribution in [1.29, 1.82) is 0 Å². The summed E-state index contributed by atoms with van der Waals surface area (Å²) in [6.07, 6.45) is -0.847. The Balaban J connectivity index is 3.14. The summed E-state index contributed by atoms with van der Waals surface area (Å²) >= 11 is 0. The van der Waals surface area contributed by atoms with E-state index in [1.807, 2.05) is 13.8 Å². The number of hydrogen-bond acceptors (Lipinski definition) is 1. The predicted molar refractivity (Wildman–Crippen MR) is 28.8 cm³/mol. The van der Waals surface area contributed by atoms with Gasteiger partial charge in [0.2, 0.25) is 0 Å². The van der Waals surface area contributed by atoms with Crippen LogP contribution in [-0.4, -0.2) is 13.3 Å². The molecule has 0 fully saturated rings. The van der Waals surface area contributed by atoms with Crippen LogP contribution in [0.4, 0.5) is 4.39 Å². The maximum absolute atomic E-state index is 12.1. The monoisotopic (exact) mass is 105 g/mol. The molecule has 0 aliphatic heterocycles. The smallest absolute Gasteiger partial charge is 0.153 e. The van der Waals surface area contributed by atoms with Crippen molar-refractivity contribution in [1.82, 2.24) is 5.32 Å². The van der Waals surface area contributed by atoms with Crippen molar-refractivity contribution in [3.63, 3.8) is 0 Å². The summed E-state index contributed by atoms with van der Waals surface area (Å²) in [5, 5.41) is 2.50. The number of halogens is 1. The quantitative estimate of drug-likeness (QED) is 0.519. The van der Waals surface area contributed by atoms with Crippen LogP contribution in [0.3, 0.4) is 0 Å². The lowest BCUT2D eigenvalue weighted by Crippen LogP contribution is -2.24. The van der Waals surface area contributed by atoms with Crippen molar-refractivity contribution in [2.45, 2.75) is 20.1 Å². The van der Waals surface area contributed by atoms with Crippen LogP contribution < -0.4 is 5.32 Å². The van der Waals surface area contributed by atoms with Crippen LogP contribution in [0, 0.1) is 5.92 Å². The maximum atomic E-state index is 12.1. The minimum Gasteiger partial charge on any atom is -0.291 e. The van der Waals surface area contributed by atoms with E-state index in [1.54, 1.807) is 7.05 Å². The van der Waals surface area contributed by atoms with Crippen LogP contribution >= 0.6 is 0 Å². The first-order valence-corrected chi connectivity index (χ1v) is 2.49. The Morgan fingerprint density at radius 3 is 1.86 bits per heavy atom. The highest BCUT2D eigenvalue weighted by Crippen LogP contribution is 1.99. The highest BCUT2D eigenvalue weighted by molar-refractivity contribution is 4.51. The molecule has 0 aromatic heterocycles. The molecule has 2 heteroatoms. The average Bonchev–Trinajstić information content (AvgIpc) is 1.65. The van der Waals surface area contributed by atoms with Gasteiger partial charge in [-0.3, -0.25) is 5.32 Å². The summed E-state index contributed by atoms with van der Waals surface area (Å²) in [5.74, 6) is 0.0880. The van der Waals surface area contributed by atoms with Crippen LogP contribution in [0.25, 0.3) is 0 Å². The van der Waals surface area contributed by atoms with Gasteiger partial charge in [-0.1, -0.05) is 13.8 Å². The fourth-order valence-electron chi connectivity index (χ4n) is 0.333. The summed E-state index contributed by atoms with van der Waals surface area (Å²) in [6.45, 7) is 3.67.